The molecule has 5 N–H and O–H groups in total. The second-order valence-electron chi connectivity index (χ2n) is 4.77. The van der Waals surface area contributed by atoms with Crippen molar-refractivity contribution in [3.05, 3.63) is 17.7 Å². The number of nitrogens with two attached hydrogens (primary N) is 2. The lowest BCUT2D eigenvalue weighted by molar-refractivity contribution is -0.137. The van der Waals surface area contributed by atoms with E-state index in [0.717, 1.165) is 6.42 Å². The first-order valence-corrected chi connectivity index (χ1v) is 6.41. The van der Waals surface area contributed by atoms with Crippen LogP contribution in [0.2, 0.25) is 0 Å². The third-order valence-electron chi connectivity index (χ3n) is 3.37. The van der Waals surface area contributed by atoms with E-state index in [4.69, 9.17) is 11.5 Å². The van der Waals surface area contributed by atoms with E-state index in [-0.39, 0.29) is 18.2 Å². The number of nitrogens with one attached hydrogen (secondary N) is 1. The second-order valence-corrected chi connectivity index (χ2v) is 4.77. The number of hydrogen-bond donors (Lipinski definition) is 3. The summed E-state index contributed by atoms with van der Waals surface area (Å²) in [5.41, 5.74) is 11.0. The van der Waals surface area contributed by atoms with Crippen LogP contribution in [-0.4, -0.2) is 45.2 Å². The van der Waals surface area contributed by atoms with Gasteiger partial charge in [0.1, 0.15) is 6.04 Å². The van der Waals surface area contributed by atoms with E-state index in [1.807, 2.05) is 0 Å². The van der Waals surface area contributed by atoms with Gasteiger partial charge in [-0.3, -0.25) is 14.4 Å². The summed E-state index contributed by atoms with van der Waals surface area (Å²) in [6.07, 6.45) is 3.51. The SMILES string of the molecule is NC(=O)c1ncc(CCC(=O)N2CCCC2C(N)=O)[nH]1. The second kappa shape index (κ2) is 5.72. The Bertz CT molecular complexity index is 539. The lowest BCUT2D eigenvalue weighted by atomic mass is 10.2. The molecule has 1 unspecified atom stereocenters. The molecule has 2 rings (SSSR count). The van der Waals surface area contributed by atoms with E-state index in [2.05, 4.69) is 9.97 Å². The van der Waals surface area contributed by atoms with Crippen LogP contribution in [-0.2, 0) is 16.0 Å². The first kappa shape index (κ1) is 14.0. The summed E-state index contributed by atoms with van der Waals surface area (Å²) < 4.78 is 0. The number of likely N-dealkylation sites (tertiary alicyclic amines) is 1. The summed E-state index contributed by atoms with van der Waals surface area (Å²) in [5.74, 6) is -1.16. The van der Waals surface area contributed by atoms with Crippen LogP contribution in [0.15, 0.2) is 6.20 Å². The standard InChI is InChI=1S/C12H17N5O3/c13-10(19)8-2-1-5-17(8)9(18)4-3-7-6-15-12(16-7)11(14)20/h6,8H,1-5H2,(H2,13,19)(H2,14,20)(H,15,16). The summed E-state index contributed by atoms with van der Waals surface area (Å²) in [4.78, 5) is 42.2. The number of hydrogen-bond acceptors (Lipinski definition) is 4. The Hall–Kier alpha value is -2.38. The van der Waals surface area contributed by atoms with Gasteiger partial charge in [0.2, 0.25) is 11.8 Å². The van der Waals surface area contributed by atoms with Crippen molar-refractivity contribution in [1.82, 2.24) is 14.9 Å². The molecule has 1 aliphatic heterocycles. The Balaban J connectivity index is 1.91. The van der Waals surface area contributed by atoms with E-state index in [0.29, 0.717) is 25.1 Å². The zero-order valence-electron chi connectivity index (χ0n) is 11.0. The molecule has 0 aliphatic carbocycles. The minimum absolute atomic E-state index is 0.0728. The molecular formula is C12H17N5O3. The number of imidazole rings is 1. The molecule has 3 amide bonds. The van der Waals surface area contributed by atoms with Gasteiger partial charge in [-0.15, -0.1) is 0 Å². The van der Waals surface area contributed by atoms with Gasteiger partial charge >= 0.3 is 0 Å². The summed E-state index contributed by atoms with van der Waals surface area (Å²) in [7, 11) is 0. The fourth-order valence-corrected chi connectivity index (χ4v) is 2.36. The van der Waals surface area contributed by atoms with Crippen molar-refractivity contribution in [3.63, 3.8) is 0 Å². The van der Waals surface area contributed by atoms with Gasteiger partial charge in [0.15, 0.2) is 5.82 Å². The van der Waals surface area contributed by atoms with Crippen LogP contribution in [0.5, 0.6) is 0 Å². The Kier molecular flexibility index (Phi) is 4.02. The van der Waals surface area contributed by atoms with E-state index in [9.17, 15) is 14.4 Å². The fourth-order valence-electron chi connectivity index (χ4n) is 2.36. The molecule has 1 aromatic heterocycles. The van der Waals surface area contributed by atoms with E-state index in [1.54, 1.807) is 0 Å². The third kappa shape index (κ3) is 2.95. The predicted octanol–water partition coefficient (Wildman–Crippen LogP) is -1.08. The van der Waals surface area contributed by atoms with E-state index < -0.39 is 17.9 Å². The van der Waals surface area contributed by atoms with Crippen LogP contribution < -0.4 is 11.5 Å². The maximum absolute atomic E-state index is 12.1. The highest BCUT2D eigenvalue weighted by Crippen LogP contribution is 2.18. The number of aryl methyl sites for hydroxylation is 1. The topological polar surface area (TPSA) is 135 Å². The van der Waals surface area contributed by atoms with Gasteiger partial charge in [0, 0.05) is 24.9 Å². The molecule has 0 radical (unpaired) electrons. The van der Waals surface area contributed by atoms with Crippen molar-refractivity contribution < 1.29 is 14.4 Å². The average molecular weight is 279 g/mol. The molecule has 1 fully saturated rings. The lowest BCUT2D eigenvalue weighted by Gasteiger charge is -2.21. The molecule has 0 spiro atoms. The number of rotatable bonds is 5. The zero-order valence-corrected chi connectivity index (χ0v) is 11.0. The highest BCUT2D eigenvalue weighted by atomic mass is 16.2. The first-order chi connectivity index (χ1) is 9.49. The number of carbonyl (C=O) groups is 3. The van der Waals surface area contributed by atoms with Gasteiger partial charge in [0.25, 0.3) is 5.91 Å². The van der Waals surface area contributed by atoms with Crippen LogP contribution in [0.25, 0.3) is 0 Å². The molecule has 1 aromatic rings. The Labute approximate surface area is 115 Å². The third-order valence-corrected chi connectivity index (χ3v) is 3.37. The maximum Gasteiger partial charge on any atom is 0.284 e. The molecule has 0 bridgehead atoms. The molecule has 108 valence electrons. The minimum Gasteiger partial charge on any atom is -0.368 e. The Morgan fingerprint density at radius 2 is 2.15 bits per heavy atom. The normalized spacial score (nSPS) is 18.2. The van der Waals surface area contributed by atoms with E-state index in [1.165, 1.54) is 11.1 Å². The van der Waals surface area contributed by atoms with Gasteiger partial charge in [-0.2, -0.15) is 0 Å². The smallest absolute Gasteiger partial charge is 0.284 e. The molecule has 1 atom stereocenters. The van der Waals surface area contributed by atoms with Crippen molar-refractivity contribution in [2.24, 2.45) is 11.5 Å². The van der Waals surface area contributed by atoms with Crippen molar-refractivity contribution in [2.75, 3.05) is 6.54 Å². The number of primary amides is 2. The molecule has 20 heavy (non-hydrogen) atoms. The average Bonchev–Trinajstić information content (AvgIpc) is 3.04. The van der Waals surface area contributed by atoms with Crippen molar-refractivity contribution in [3.8, 4) is 0 Å². The molecule has 1 saturated heterocycles. The van der Waals surface area contributed by atoms with Crippen molar-refractivity contribution in [1.29, 1.82) is 0 Å². The minimum atomic E-state index is -0.643. The van der Waals surface area contributed by atoms with Crippen LogP contribution >= 0.6 is 0 Å². The highest BCUT2D eigenvalue weighted by Gasteiger charge is 2.32. The number of aromatic amines is 1. The molecule has 1 aliphatic rings. The Morgan fingerprint density at radius 1 is 1.40 bits per heavy atom. The van der Waals surface area contributed by atoms with Gasteiger partial charge < -0.3 is 21.4 Å². The fraction of sp³-hybridized carbons (Fsp3) is 0.500. The Morgan fingerprint density at radius 3 is 2.75 bits per heavy atom. The monoisotopic (exact) mass is 279 g/mol. The van der Waals surface area contributed by atoms with Crippen molar-refractivity contribution >= 4 is 17.7 Å². The van der Waals surface area contributed by atoms with Crippen LogP contribution in [0.3, 0.4) is 0 Å². The van der Waals surface area contributed by atoms with Crippen LogP contribution in [0.1, 0.15) is 35.6 Å². The number of H-pyrrole nitrogens is 1. The van der Waals surface area contributed by atoms with E-state index >= 15 is 0 Å². The first-order valence-electron chi connectivity index (χ1n) is 6.41. The molecule has 8 nitrogen and oxygen atoms in total. The van der Waals surface area contributed by atoms with Crippen molar-refractivity contribution in [2.45, 2.75) is 31.7 Å². The van der Waals surface area contributed by atoms with Gasteiger partial charge in [0.05, 0.1) is 0 Å². The lowest BCUT2D eigenvalue weighted by Crippen LogP contribution is -2.43. The van der Waals surface area contributed by atoms with Gasteiger partial charge in [-0.1, -0.05) is 0 Å². The predicted molar refractivity (Wildman–Crippen MR) is 69.4 cm³/mol. The molecule has 2 heterocycles. The summed E-state index contributed by atoms with van der Waals surface area (Å²) in [6, 6.07) is -0.495. The van der Waals surface area contributed by atoms with Crippen LogP contribution in [0, 0.1) is 0 Å². The molecular weight excluding hydrogens is 262 g/mol. The quantitative estimate of drug-likeness (QED) is 0.631. The summed E-state index contributed by atoms with van der Waals surface area (Å²) >= 11 is 0. The van der Waals surface area contributed by atoms with Gasteiger partial charge in [-0.25, -0.2) is 4.98 Å². The van der Waals surface area contributed by atoms with Crippen LogP contribution in [0.4, 0.5) is 0 Å². The number of nitrogens with zero attached hydrogens (tertiary/aromatic N) is 2. The number of amides is 3. The van der Waals surface area contributed by atoms with Gasteiger partial charge in [-0.05, 0) is 19.3 Å². The number of aromatic nitrogens is 2. The maximum atomic E-state index is 12.1. The zero-order chi connectivity index (χ0) is 14.7. The largest absolute Gasteiger partial charge is 0.368 e. The highest BCUT2D eigenvalue weighted by molar-refractivity contribution is 5.89. The number of carbonyl (C=O) groups excluding carboxylic acids is 3. The molecule has 0 saturated carbocycles. The molecule has 8 heteroatoms. The molecule has 0 aromatic carbocycles. The summed E-state index contributed by atoms with van der Waals surface area (Å²) in [5, 5.41) is 0. The summed E-state index contributed by atoms with van der Waals surface area (Å²) in [6.45, 7) is 0.557.